The maximum atomic E-state index is 13.0. The van der Waals surface area contributed by atoms with E-state index in [-0.39, 0.29) is 16.7 Å². The molecule has 4 unspecified atom stereocenters. The number of rotatable bonds is 2. The van der Waals surface area contributed by atoms with Crippen molar-refractivity contribution in [1.82, 2.24) is 0 Å². The average molecular weight is 350 g/mol. The molecule has 4 bridgehead atoms. The van der Waals surface area contributed by atoms with Gasteiger partial charge in [0.25, 0.3) is 5.91 Å². The van der Waals surface area contributed by atoms with Crippen LogP contribution in [0.1, 0.15) is 33.1 Å². The summed E-state index contributed by atoms with van der Waals surface area (Å²) >= 11 is 3.49. The van der Waals surface area contributed by atoms with E-state index in [0.29, 0.717) is 5.92 Å². The van der Waals surface area contributed by atoms with Crippen LogP contribution < -0.4 is 5.32 Å². The van der Waals surface area contributed by atoms with Gasteiger partial charge in [0, 0.05) is 15.3 Å². The average Bonchev–Trinajstić information content (AvgIpc) is 2.93. The monoisotopic (exact) mass is 349 g/mol. The van der Waals surface area contributed by atoms with Gasteiger partial charge < -0.3 is 10.1 Å². The molecule has 2 aliphatic carbocycles. The molecule has 1 aromatic rings. The first-order chi connectivity index (χ1) is 9.93. The van der Waals surface area contributed by atoms with Gasteiger partial charge in [0.2, 0.25) is 0 Å². The van der Waals surface area contributed by atoms with E-state index < -0.39 is 5.60 Å². The molecule has 4 rings (SSSR count). The molecular formula is C17H20BrNO2. The Morgan fingerprint density at radius 2 is 2.14 bits per heavy atom. The molecule has 1 amide bonds. The molecule has 112 valence electrons. The van der Waals surface area contributed by atoms with Gasteiger partial charge in [-0.3, -0.25) is 4.79 Å². The van der Waals surface area contributed by atoms with Crippen LogP contribution in [0, 0.1) is 16.7 Å². The molecule has 3 fully saturated rings. The quantitative estimate of drug-likeness (QED) is 0.876. The van der Waals surface area contributed by atoms with Crippen LogP contribution in [0.5, 0.6) is 0 Å². The zero-order chi connectivity index (χ0) is 14.9. The summed E-state index contributed by atoms with van der Waals surface area (Å²) in [5, 5.41) is 3.09. The lowest BCUT2D eigenvalue weighted by Crippen LogP contribution is -2.52. The molecular weight excluding hydrogens is 330 g/mol. The number of ether oxygens (including phenoxy) is 1. The van der Waals surface area contributed by atoms with Crippen LogP contribution in [0.25, 0.3) is 0 Å². The Bertz CT molecular complexity index is 633. The molecule has 2 saturated carbocycles. The van der Waals surface area contributed by atoms with Gasteiger partial charge in [-0.2, -0.15) is 0 Å². The van der Waals surface area contributed by atoms with Crippen molar-refractivity contribution in [1.29, 1.82) is 0 Å². The van der Waals surface area contributed by atoms with Crippen molar-refractivity contribution in [2.24, 2.45) is 16.7 Å². The highest BCUT2D eigenvalue weighted by Crippen LogP contribution is 2.75. The first-order valence-electron chi connectivity index (χ1n) is 7.63. The van der Waals surface area contributed by atoms with Crippen molar-refractivity contribution < 1.29 is 9.53 Å². The number of halogens is 1. The summed E-state index contributed by atoms with van der Waals surface area (Å²) < 4.78 is 7.03. The van der Waals surface area contributed by atoms with Gasteiger partial charge in [0.05, 0.1) is 12.3 Å². The molecule has 21 heavy (non-hydrogen) atoms. The minimum absolute atomic E-state index is 0.0304. The topological polar surface area (TPSA) is 38.3 Å². The second-order valence-corrected chi connectivity index (χ2v) is 8.09. The van der Waals surface area contributed by atoms with Gasteiger partial charge in [-0.15, -0.1) is 0 Å². The molecule has 3 aliphatic rings. The van der Waals surface area contributed by atoms with Gasteiger partial charge in [0.15, 0.2) is 5.60 Å². The van der Waals surface area contributed by atoms with Crippen molar-refractivity contribution in [2.75, 3.05) is 11.9 Å². The van der Waals surface area contributed by atoms with Gasteiger partial charge >= 0.3 is 0 Å². The fourth-order valence-corrected chi connectivity index (χ4v) is 5.43. The van der Waals surface area contributed by atoms with E-state index in [9.17, 15) is 4.79 Å². The van der Waals surface area contributed by atoms with E-state index in [0.717, 1.165) is 29.6 Å². The highest BCUT2D eigenvalue weighted by Gasteiger charge is 2.78. The summed E-state index contributed by atoms with van der Waals surface area (Å²) in [7, 11) is 0. The summed E-state index contributed by atoms with van der Waals surface area (Å²) in [5.41, 5.74) is 0.314. The zero-order valence-electron chi connectivity index (χ0n) is 12.4. The Labute approximate surface area is 133 Å². The van der Waals surface area contributed by atoms with Crippen LogP contribution in [0.3, 0.4) is 0 Å². The minimum atomic E-state index is -0.639. The number of benzene rings is 1. The predicted octanol–water partition coefficient (Wildman–Crippen LogP) is 3.98. The molecule has 3 nitrogen and oxygen atoms in total. The number of para-hydroxylation sites is 1. The van der Waals surface area contributed by atoms with E-state index in [1.165, 1.54) is 6.42 Å². The first-order valence-corrected chi connectivity index (χ1v) is 8.42. The SMILES string of the molecule is CC12COC3(C(=O)Nc4ccccc4Br)CC1CCC32C. The Hall–Kier alpha value is -0.870. The molecule has 1 aliphatic heterocycles. The normalized spacial score (nSPS) is 43.3. The lowest BCUT2D eigenvalue weighted by Gasteiger charge is -2.40. The number of carbonyl (C=O) groups is 1. The number of carbonyl (C=O) groups excluding carboxylic acids is 1. The van der Waals surface area contributed by atoms with Crippen LogP contribution in [0.4, 0.5) is 5.69 Å². The van der Waals surface area contributed by atoms with Crippen molar-refractivity contribution in [3.8, 4) is 0 Å². The van der Waals surface area contributed by atoms with E-state index >= 15 is 0 Å². The van der Waals surface area contributed by atoms with Gasteiger partial charge in [0.1, 0.15) is 0 Å². The second kappa shape index (κ2) is 4.11. The summed E-state index contributed by atoms with van der Waals surface area (Å²) in [4.78, 5) is 13.0. The third kappa shape index (κ3) is 1.45. The Morgan fingerprint density at radius 3 is 2.81 bits per heavy atom. The molecule has 4 atom stereocenters. The number of anilines is 1. The summed E-state index contributed by atoms with van der Waals surface area (Å²) in [6, 6.07) is 7.73. The molecule has 0 aromatic heterocycles. The fourth-order valence-electron chi connectivity index (χ4n) is 5.04. The van der Waals surface area contributed by atoms with Crippen molar-refractivity contribution in [2.45, 2.75) is 38.7 Å². The van der Waals surface area contributed by atoms with E-state index in [1.807, 2.05) is 24.3 Å². The number of hydrogen-bond donors (Lipinski definition) is 1. The third-order valence-electron chi connectivity index (χ3n) is 6.69. The lowest BCUT2D eigenvalue weighted by molar-refractivity contribution is -0.149. The van der Waals surface area contributed by atoms with Crippen molar-refractivity contribution >= 4 is 27.5 Å². The van der Waals surface area contributed by atoms with E-state index in [2.05, 4.69) is 35.1 Å². The third-order valence-corrected chi connectivity index (χ3v) is 7.38. The van der Waals surface area contributed by atoms with Crippen LogP contribution in [-0.2, 0) is 9.53 Å². The number of amides is 1. The molecule has 1 heterocycles. The maximum absolute atomic E-state index is 13.0. The van der Waals surface area contributed by atoms with Gasteiger partial charge in [-0.25, -0.2) is 0 Å². The van der Waals surface area contributed by atoms with E-state index in [1.54, 1.807) is 0 Å². The smallest absolute Gasteiger partial charge is 0.257 e. The Morgan fingerprint density at radius 1 is 1.38 bits per heavy atom. The van der Waals surface area contributed by atoms with Crippen LogP contribution in [0.15, 0.2) is 28.7 Å². The van der Waals surface area contributed by atoms with Crippen LogP contribution >= 0.6 is 15.9 Å². The summed E-state index contributed by atoms with van der Waals surface area (Å²) in [6.07, 6.45) is 3.20. The lowest BCUT2D eigenvalue weighted by atomic mass is 9.66. The molecule has 0 spiro atoms. The van der Waals surface area contributed by atoms with Crippen LogP contribution in [-0.4, -0.2) is 18.1 Å². The Kier molecular flexibility index (Phi) is 2.69. The fraction of sp³-hybridized carbons (Fsp3) is 0.588. The largest absolute Gasteiger partial charge is 0.364 e. The standard InChI is InChI=1S/C17H20BrNO2/c1-15-10-21-17(9-11(15)7-8-16(15,17)2)14(20)19-13-6-4-3-5-12(13)18/h3-6,11H,7-10H2,1-2H3,(H,19,20). The number of hydrogen-bond acceptors (Lipinski definition) is 2. The highest BCUT2D eigenvalue weighted by atomic mass is 79.9. The molecule has 0 radical (unpaired) electrons. The van der Waals surface area contributed by atoms with Crippen molar-refractivity contribution in [3.05, 3.63) is 28.7 Å². The summed E-state index contributed by atoms with van der Waals surface area (Å²) in [5.74, 6) is 0.657. The highest BCUT2D eigenvalue weighted by molar-refractivity contribution is 9.10. The summed E-state index contributed by atoms with van der Waals surface area (Å²) in [6.45, 7) is 5.29. The Balaban J connectivity index is 1.68. The minimum Gasteiger partial charge on any atom is -0.364 e. The predicted molar refractivity (Wildman–Crippen MR) is 85.0 cm³/mol. The molecule has 1 N–H and O–H groups in total. The van der Waals surface area contributed by atoms with Gasteiger partial charge in [-0.1, -0.05) is 26.0 Å². The molecule has 1 saturated heterocycles. The second-order valence-electron chi connectivity index (χ2n) is 7.24. The van der Waals surface area contributed by atoms with Crippen LogP contribution in [0.2, 0.25) is 0 Å². The first kappa shape index (κ1) is 13.8. The maximum Gasteiger partial charge on any atom is 0.257 e. The van der Waals surface area contributed by atoms with Crippen molar-refractivity contribution in [3.63, 3.8) is 0 Å². The van der Waals surface area contributed by atoms with E-state index in [4.69, 9.17) is 4.74 Å². The number of nitrogens with one attached hydrogen (secondary N) is 1. The molecule has 4 heteroatoms. The zero-order valence-corrected chi connectivity index (χ0v) is 14.0. The van der Waals surface area contributed by atoms with Gasteiger partial charge in [-0.05, 0) is 53.2 Å². The molecule has 1 aromatic carbocycles.